The molecule has 0 saturated heterocycles. The van der Waals surface area contributed by atoms with E-state index < -0.39 is 9.84 Å². The average molecular weight is 507 g/mol. The number of amides is 1. The van der Waals surface area contributed by atoms with Gasteiger partial charge in [0.2, 0.25) is 0 Å². The highest BCUT2D eigenvalue weighted by atomic mass is 127. The van der Waals surface area contributed by atoms with Crippen molar-refractivity contribution in [3.05, 3.63) is 75.5 Å². The summed E-state index contributed by atoms with van der Waals surface area (Å²) in [6, 6.07) is 15.9. The van der Waals surface area contributed by atoms with E-state index in [0.717, 1.165) is 21.1 Å². The highest BCUT2D eigenvalue weighted by Gasteiger charge is 2.13. The number of benzene rings is 2. The van der Waals surface area contributed by atoms with Crippen LogP contribution in [0.4, 0.5) is 11.4 Å². The van der Waals surface area contributed by atoms with E-state index in [4.69, 9.17) is 5.73 Å². The number of rotatable bonds is 5. The van der Waals surface area contributed by atoms with Gasteiger partial charge in [-0.2, -0.15) is 0 Å². The van der Waals surface area contributed by atoms with Crippen LogP contribution in [-0.2, 0) is 15.6 Å². The molecule has 0 bridgehead atoms. The number of anilines is 2. The van der Waals surface area contributed by atoms with Crippen molar-refractivity contribution in [2.24, 2.45) is 0 Å². The highest BCUT2D eigenvalue weighted by molar-refractivity contribution is 14.1. The van der Waals surface area contributed by atoms with Gasteiger partial charge in [0, 0.05) is 38.5 Å². The number of hydrogen-bond acceptors (Lipinski definition) is 5. The molecular formula is C20H18IN3O3S. The first-order chi connectivity index (χ1) is 13.2. The second-order valence-electron chi connectivity index (χ2n) is 6.35. The van der Waals surface area contributed by atoms with Crippen molar-refractivity contribution >= 4 is 49.7 Å². The normalized spacial score (nSPS) is 11.2. The fraction of sp³-hybridized carbons (Fsp3) is 0.100. The van der Waals surface area contributed by atoms with Gasteiger partial charge in [-0.15, -0.1) is 0 Å². The fourth-order valence-corrected chi connectivity index (χ4v) is 4.11. The monoisotopic (exact) mass is 507 g/mol. The lowest BCUT2D eigenvalue weighted by Crippen LogP contribution is -2.13. The Kier molecular flexibility index (Phi) is 5.99. The van der Waals surface area contributed by atoms with Crippen molar-refractivity contribution in [3.8, 4) is 11.3 Å². The molecule has 1 heterocycles. The van der Waals surface area contributed by atoms with Crippen LogP contribution in [0.5, 0.6) is 0 Å². The first-order valence-corrected chi connectivity index (χ1v) is 11.5. The lowest BCUT2D eigenvalue weighted by Gasteiger charge is -2.11. The number of aromatic nitrogens is 1. The third-order valence-electron chi connectivity index (χ3n) is 3.99. The van der Waals surface area contributed by atoms with Crippen molar-refractivity contribution < 1.29 is 13.2 Å². The molecule has 0 spiro atoms. The molecule has 0 radical (unpaired) electrons. The van der Waals surface area contributed by atoms with Gasteiger partial charge in [-0.25, -0.2) is 8.42 Å². The van der Waals surface area contributed by atoms with Crippen LogP contribution in [0.25, 0.3) is 11.3 Å². The van der Waals surface area contributed by atoms with Crippen molar-refractivity contribution in [1.29, 1.82) is 0 Å². The number of carbonyl (C=O) groups is 1. The summed E-state index contributed by atoms with van der Waals surface area (Å²) < 4.78 is 23.9. The van der Waals surface area contributed by atoms with E-state index in [-0.39, 0.29) is 17.3 Å². The van der Waals surface area contributed by atoms with Gasteiger partial charge in [0.15, 0.2) is 9.84 Å². The molecule has 0 aliphatic rings. The van der Waals surface area contributed by atoms with E-state index in [1.807, 2.05) is 36.4 Å². The Labute approximate surface area is 177 Å². The molecular weight excluding hydrogens is 489 g/mol. The molecule has 1 aromatic heterocycles. The van der Waals surface area contributed by atoms with Crippen LogP contribution in [-0.4, -0.2) is 25.6 Å². The Balaban J connectivity index is 1.83. The number of pyridine rings is 1. The quantitative estimate of drug-likeness (QED) is 0.405. The van der Waals surface area contributed by atoms with Crippen molar-refractivity contribution in [1.82, 2.24) is 4.98 Å². The second kappa shape index (κ2) is 8.27. The van der Waals surface area contributed by atoms with Crippen LogP contribution < -0.4 is 11.1 Å². The number of halogens is 1. The molecule has 0 aliphatic carbocycles. The van der Waals surface area contributed by atoms with Crippen molar-refractivity contribution in [2.75, 3.05) is 17.3 Å². The summed E-state index contributed by atoms with van der Waals surface area (Å²) in [4.78, 5) is 16.9. The average Bonchev–Trinajstić information content (AvgIpc) is 2.64. The predicted octanol–water partition coefficient (Wildman–Crippen LogP) is 3.73. The third-order valence-corrected chi connectivity index (χ3v) is 5.77. The van der Waals surface area contributed by atoms with E-state index >= 15 is 0 Å². The van der Waals surface area contributed by atoms with E-state index in [2.05, 4.69) is 32.9 Å². The lowest BCUT2D eigenvalue weighted by molar-refractivity contribution is 0.102. The van der Waals surface area contributed by atoms with Crippen molar-refractivity contribution in [2.45, 2.75) is 5.75 Å². The summed E-state index contributed by atoms with van der Waals surface area (Å²) in [5.41, 5.74) is 9.40. The topological polar surface area (TPSA) is 102 Å². The summed E-state index contributed by atoms with van der Waals surface area (Å²) >= 11 is 2.23. The molecule has 8 heteroatoms. The number of nitrogens with zero attached hydrogens (tertiary/aromatic N) is 1. The Bertz CT molecular complexity index is 1130. The van der Waals surface area contributed by atoms with Gasteiger partial charge in [-0.05, 0) is 70.6 Å². The maximum atomic E-state index is 12.6. The van der Waals surface area contributed by atoms with E-state index in [1.165, 1.54) is 6.07 Å². The van der Waals surface area contributed by atoms with Crippen LogP contribution in [0.2, 0.25) is 0 Å². The van der Waals surface area contributed by atoms with Gasteiger partial charge in [0.1, 0.15) is 0 Å². The zero-order valence-corrected chi connectivity index (χ0v) is 18.0. The number of sulfone groups is 1. The van der Waals surface area contributed by atoms with E-state index in [0.29, 0.717) is 16.8 Å². The molecule has 0 unspecified atom stereocenters. The summed E-state index contributed by atoms with van der Waals surface area (Å²) in [5, 5.41) is 2.85. The van der Waals surface area contributed by atoms with Crippen LogP contribution >= 0.6 is 22.6 Å². The maximum absolute atomic E-state index is 12.6. The van der Waals surface area contributed by atoms with Crippen LogP contribution in [0.15, 0.2) is 60.8 Å². The molecule has 0 saturated carbocycles. The summed E-state index contributed by atoms with van der Waals surface area (Å²) in [6.45, 7) is 0. The predicted molar refractivity (Wildman–Crippen MR) is 120 cm³/mol. The molecule has 144 valence electrons. The van der Waals surface area contributed by atoms with Gasteiger partial charge in [-0.3, -0.25) is 9.78 Å². The highest BCUT2D eigenvalue weighted by Crippen LogP contribution is 2.27. The Hall–Kier alpha value is -2.46. The van der Waals surface area contributed by atoms with Gasteiger partial charge in [-0.1, -0.05) is 12.1 Å². The minimum Gasteiger partial charge on any atom is -0.398 e. The number of nitrogen functional groups attached to an aromatic ring is 1. The van der Waals surface area contributed by atoms with Gasteiger partial charge < -0.3 is 11.1 Å². The molecule has 0 atom stereocenters. The molecule has 1 amide bonds. The summed E-state index contributed by atoms with van der Waals surface area (Å²) in [6.07, 6.45) is 2.86. The zero-order valence-electron chi connectivity index (χ0n) is 15.0. The lowest BCUT2D eigenvalue weighted by atomic mass is 10.1. The molecule has 3 N–H and O–H groups in total. The Morgan fingerprint density at radius 2 is 1.93 bits per heavy atom. The molecule has 0 aliphatic heterocycles. The molecule has 28 heavy (non-hydrogen) atoms. The SMILES string of the molecule is CS(=O)(=O)Cc1ccc(C(=O)Nc2ccc(I)c(-c3ccccn3)c2)cc1N. The maximum Gasteiger partial charge on any atom is 0.255 e. The van der Waals surface area contributed by atoms with E-state index in [9.17, 15) is 13.2 Å². The smallest absolute Gasteiger partial charge is 0.255 e. The van der Waals surface area contributed by atoms with Gasteiger partial charge in [0.05, 0.1) is 11.4 Å². The van der Waals surface area contributed by atoms with Gasteiger partial charge >= 0.3 is 0 Å². The Morgan fingerprint density at radius 1 is 1.14 bits per heavy atom. The second-order valence-corrected chi connectivity index (χ2v) is 9.65. The number of nitrogens with two attached hydrogens (primary N) is 1. The van der Waals surface area contributed by atoms with Crippen molar-refractivity contribution in [3.63, 3.8) is 0 Å². The first kappa shape index (κ1) is 20.3. The van der Waals surface area contributed by atoms with Crippen LogP contribution in [0.3, 0.4) is 0 Å². The first-order valence-electron chi connectivity index (χ1n) is 8.31. The largest absolute Gasteiger partial charge is 0.398 e. The molecule has 2 aromatic carbocycles. The standard InChI is InChI=1S/C20H18IN3O3S/c1-28(26,27)12-14-6-5-13(10-18(14)22)20(25)24-15-7-8-17(21)16(11-15)19-4-2-3-9-23-19/h2-11H,12,22H2,1H3,(H,24,25). The number of nitrogens with one attached hydrogen (secondary N) is 1. The number of carbonyl (C=O) groups excluding carboxylic acids is 1. The van der Waals surface area contributed by atoms with E-state index in [1.54, 1.807) is 18.3 Å². The van der Waals surface area contributed by atoms with Gasteiger partial charge in [0.25, 0.3) is 5.91 Å². The zero-order chi connectivity index (χ0) is 20.3. The molecule has 3 aromatic rings. The number of hydrogen-bond donors (Lipinski definition) is 2. The summed E-state index contributed by atoms with van der Waals surface area (Å²) in [7, 11) is -3.20. The van der Waals surface area contributed by atoms with Crippen LogP contribution in [0.1, 0.15) is 15.9 Å². The van der Waals surface area contributed by atoms with Crippen LogP contribution in [0, 0.1) is 3.57 Å². The minimum absolute atomic E-state index is 0.161. The summed E-state index contributed by atoms with van der Waals surface area (Å²) in [5.74, 6) is -0.489. The Morgan fingerprint density at radius 3 is 2.57 bits per heavy atom. The third kappa shape index (κ3) is 5.08. The minimum atomic E-state index is -3.20. The molecule has 3 rings (SSSR count). The fourth-order valence-electron chi connectivity index (χ4n) is 2.67. The molecule has 0 fully saturated rings. The molecule has 6 nitrogen and oxygen atoms in total.